The zero-order valence-corrected chi connectivity index (χ0v) is 11.3. The van der Waals surface area contributed by atoms with Gasteiger partial charge in [0.25, 0.3) is 0 Å². The van der Waals surface area contributed by atoms with Crippen LogP contribution in [0.3, 0.4) is 0 Å². The Hall–Kier alpha value is -0.0800. The molecule has 1 unspecified atom stereocenters. The third kappa shape index (κ3) is 2.26. The molecule has 17 heavy (non-hydrogen) atoms. The molecule has 4 aliphatic carbocycles. The van der Waals surface area contributed by atoms with Crippen LogP contribution in [-0.2, 0) is 4.74 Å². The average molecular weight is 237 g/mol. The second-order valence-electron chi connectivity index (χ2n) is 6.68. The summed E-state index contributed by atoms with van der Waals surface area (Å²) in [6.07, 6.45) is 8.77. The van der Waals surface area contributed by atoms with E-state index in [1.807, 2.05) is 7.11 Å². The molecule has 0 aromatic carbocycles. The summed E-state index contributed by atoms with van der Waals surface area (Å²) >= 11 is 0. The molecular weight excluding hydrogens is 210 g/mol. The highest BCUT2D eigenvalue weighted by Crippen LogP contribution is 2.53. The van der Waals surface area contributed by atoms with Crippen LogP contribution in [0, 0.1) is 23.7 Å². The minimum atomic E-state index is 0.572. The van der Waals surface area contributed by atoms with Crippen molar-refractivity contribution in [2.45, 2.75) is 57.5 Å². The second-order valence-corrected chi connectivity index (χ2v) is 6.68. The molecule has 0 amide bonds. The van der Waals surface area contributed by atoms with Crippen molar-refractivity contribution in [1.82, 2.24) is 5.32 Å². The predicted octanol–water partition coefficient (Wildman–Crippen LogP) is 2.83. The number of ether oxygens (including phenoxy) is 1. The molecular formula is C15H27NO. The summed E-state index contributed by atoms with van der Waals surface area (Å²) in [6.45, 7) is 3.14. The molecule has 0 aliphatic heterocycles. The Labute approximate surface area is 105 Å². The molecule has 0 aromatic rings. The van der Waals surface area contributed by atoms with Crippen LogP contribution < -0.4 is 5.32 Å². The van der Waals surface area contributed by atoms with Crippen LogP contribution in [0.4, 0.5) is 0 Å². The molecule has 2 heteroatoms. The Morgan fingerprint density at radius 1 is 1.06 bits per heavy atom. The molecule has 0 aromatic heterocycles. The molecule has 4 rings (SSSR count). The molecule has 98 valence electrons. The minimum absolute atomic E-state index is 0.572. The third-order valence-electron chi connectivity index (χ3n) is 5.52. The summed E-state index contributed by atoms with van der Waals surface area (Å²) in [5.74, 6) is 4.13. The molecule has 0 saturated heterocycles. The van der Waals surface area contributed by atoms with E-state index in [4.69, 9.17) is 4.74 Å². The van der Waals surface area contributed by atoms with Crippen LogP contribution in [0.25, 0.3) is 0 Å². The fraction of sp³-hybridized carbons (Fsp3) is 1.00. The maximum absolute atomic E-state index is 5.33. The topological polar surface area (TPSA) is 21.3 Å². The number of hydrogen-bond acceptors (Lipinski definition) is 2. The van der Waals surface area contributed by atoms with E-state index in [1.54, 1.807) is 6.42 Å². The van der Waals surface area contributed by atoms with Crippen molar-refractivity contribution in [3.63, 3.8) is 0 Å². The average Bonchev–Trinajstić information content (AvgIpc) is 2.31. The van der Waals surface area contributed by atoms with Crippen LogP contribution in [0.1, 0.15) is 45.4 Å². The maximum atomic E-state index is 5.33. The van der Waals surface area contributed by atoms with Gasteiger partial charge in [0.2, 0.25) is 0 Å². The van der Waals surface area contributed by atoms with E-state index in [1.165, 1.54) is 32.1 Å². The standard InChI is InChI=1S/C15H27NO/c1-3-14(9-17-2)16-15-12-5-10-4-11(7-12)8-13(15)6-10/h10-16H,3-9H2,1-2H3. The van der Waals surface area contributed by atoms with Crippen LogP contribution >= 0.6 is 0 Å². The second kappa shape index (κ2) is 4.89. The zero-order chi connectivity index (χ0) is 11.8. The maximum Gasteiger partial charge on any atom is 0.0615 e. The number of methoxy groups -OCH3 is 1. The number of nitrogens with one attached hydrogen (secondary N) is 1. The van der Waals surface area contributed by atoms with E-state index >= 15 is 0 Å². The van der Waals surface area contributed by atoms with Crippen molar-refractivity contribution in [3.8, 4) is 0 Å². The lowest BCUT2D eigenvalue weighted by Gasteiger charge is -2.55. The van der Waals surface area contributed by atoms with E-state index in [0.717, 1.165) is 36.3 Å². The van der Waals surface area contributed by atoms with Gasteiger partial charge in [0, 0.05) is 19.2 Å². The Kier molecular flexibility index (Phi) is 3.45. The van der Waals surface area contributed by atoms with Crippen molar-refractivity contribution in [3.05, 3.63) is 0 Å². The largest absolute Gasteiger partial charge is 0.383 e. The van der Waals surface area contributed by atoms with Crippen molar-refractivity contribution in [2.75, 3.05) is 13.7 Å². The highest BCUT2D eigenvalue weighted by molar-refractivity contribution is 5.01. The quantitative estimate of drug-likeness (QED) is 0.794. The molecule has 0 radical (unpaired) electrons. The smallest absolute Gasteiger partial charge is 0.0615 e. The molecule has 4 fully saturated rings. The monoisotopic (exact) mass is 237 g/mol. The van der Waals surface area contributed by atoms with Gasteiger partial charge in [-0.3, -0.25) is 0 Å². The Bertz CT molecular complexity index is 238. The van der Waals surface area contributed by atoms with Crippen LogP contribution in [0.15, 0.2) is 0 Å². The predicted molar refractivity (Wildman–Crippen MR) is 69.9 cm³/mol. The van der Waals surface area contributed by atoms with Crippen molar-refractivity contribution in [2.24, 2.45) is 23.7 Å². The Morgan fingerprint density at radius 2 is 1.65 bits per heavy atom. The van der Waals surface area contributed by atoms with Crippen LogP contribution in [-0.4, -0.2) is 25.8 Å². The minimum Gasteiger partial charge on any atom is -0.383 e. The highest BCUT2D eigenvalue weighted by atomic mass is 16.5. The van der Waals surface area contributed by atoms with Gasteiger partial charge < -0.3 is 10.1 Å². The zero-order valence-electron chi connectivity index (χ0n) is 11.3. The van der Waals surface area contributed by atoms with Gasteiger partial charge in [0.05, 0.1) is 6.61 Å². The summed E-state index contributed by atoms with van der Waals surface area (Å²) in [7, 11) is 1.82. The molecule has 1 N–H and O–H groups in total. The summed E-state index contributed by atoms with van der Waals surface area (Å²) in [4.78, 5) is 0. The van der Waals surface area contributed by atoms with Gasteiger partial charge in [0.15, 0.2) is 0 Å². The third-order valence-corrected chi connectivity index (χ3v) is 5.52. The number of hydrogen-bond donors (Lipinski definition) is 1. The van der Waals surface area contributed by atoms with Crippen molar-refractivity contribution < 1.29 is 4.74 Å². The van der Waals surface area contributed by atoms with E-state index in [0.29, 0.717) is 6.04 Å². The van der Waals surface area contributed by atoms with Gasteiger partial charge in [-0.2, -0.15) is 0 Å². The van der Waals surface area contributed by atoms with Gasteiger partial charge in [-0.1, -0.05) is 6.92 Å². The molecule has 1 atom stereocenters. The van der Waals surface area contributed by atoms with Crippen molar-refractivity contribution >= 4 is 0 Å². The fourth-order valence-corrected chi connectivity index (χ4v) is 4.95. The fourth-order valence-electron chi connectivity index (χ4n) is 4.95. The Balaban J connectivity index is 1.63. The summed E-state index contributed by atoms with van der Waals surface area (Å²) in [5, 5.41) is 3.92. The first-order valence-corrected chi connectivity index (χ1v) is 7.55. The lowest BCUT2D eigenvalue weighted by atomic mass is 9.54. The highest BCUT2D eigenvalue weighted by Gasteiger charge is 2.48. The lowest BCUT2D eigenvalue weighted by molar-refractivity contribution is -0.0214. The molecule has 4 saturated carbocycles. The van der Waals surface area contributed by atoms with Gasteiger partial charge in [-0.25, -0.2) is 0 Å². The molecule has 2 nitrogen and oxygen atoms in total. The first-order valence-electron chi connectivity index (χ1n) is 7.55. The summed E-state index contributed by atoms with van der Waals surface area (Å²) in [5.41, 5.74) is 0. The van der Waals surface area contributed by atoms with Gasteiger partial charge >= 0.3 is 0 Å². The molecule has 0 spiro atoms. The summed E-state index contributed by atoms with van der Waals surface area (Å²) in [6, 6.07) is 1.38. The lowest BCUT2D eigenvalue weighted by Crippen LogP contribution is -2.57. The first kappa shape index (κ1) is 12.0. The summed E-state index contributed by atoms with van der Waals surface area (Å²) < 4.78 is 5.33. The molecule has 4 bridgehead atoms. The molecule has 0 heterocycles. The Morgan fingerprint density at radius 3 is 2.12 bits per heavy atom. The van der Waals surface area contributed by atoms with E-state index in [9.17, 15) is 0 Å². The van der Waals surface area contributed by atoms with Gasteiger partial charge in [0.1, 0.15) is 0 Å². The van der Waals surface area contributed by atoms with Crippen LogP contribution in [0.2, 0.25) is 0 Å². The van der Waals surface area contributed by atoms with Crippen LogP contribution in [0.5, 0.6) is 0 Å². The SMILES string of the molecule is CCC(COC)NC1C2CC3CC(C2)CC1C3. The van der Waals surface area contributed by atoms with E-state index in [2.05, 4.69) is 12.2 Å². The normalized spacial score (nSPS) is 45.2. The molecule has 4 aliphatic rings. The first-order chi connectivity index (χ1) is 8.30. The van der Waals surface area contributed by atoms with Crippen molar-refractivity contribution in [1.29, 1.82) is 0 Å². The van der Waals surface area contributed by atoms with E-state index in [-0.39, 0.29) is 0 Å². The van der Waals surface area contributed by atoms with Gasteiger partial charge in [-0.05, 0) is 62.2 Å². The van der Waals surface area contributed by atoms with E-state index < -0.39 is 0 Å². The number of rotatable bonds is 5. The van der Waals surface area contributed by atoms with Gasteiger partial charge in [-0.15, -0.1) is 0 Å².